The molecule has 1 aliphatic heterocycles. The van der Waals surface area contributed by atoms with Gasteiger partial charge in [-0.3, -0.25) is 4.79 Å². The molecule has 2 rings (SSSR count). The number of benzene rings is 1. The maximum atomic E-state index is 12.2. The highest BCUT2D eigenvalue weighted by Gasteiger charge is 2.32. The van der Waals surface area contributed by atoms with Gasteiger partial charge in [-0.2, -0.15) is 0 Å². The van der Waals surface area contributed by atoms with E-state index in [1.165, 1.54) is 7.11 Å². The van der Waals surface area contributed by atoms with Crippen molar-refractivity contribution in [3.63, 3.8) is 0 Å². The largest absolute Gasteiger partial charge is 0.469 e. The Bertz CT molecular complexity index is 455. The third-order valence-electron chi connectivity index (χ3n) is 3.89. The zero-order valence-corrected chi connectivity index (χ0v) is 13.0. The smallest absolute Gasteiger partial charge is 0.313 e. The number of piperidine rings is 1. The number of ether oxygens (including phenoxy) is 1. The fraction of sp³-hybridized carbons (Fsp3) is 0.533. The molecule has 1 unspecified atom stereocenters. The van der Waals surface area contributed by atoms with Crippen molar-refractivity contribution in [2.45, 2.75) is 25.7 Å². The van der Waals surface area contributed by atoms with Crippen LogP contribution in [0.1, 0.15) is 29.9 Å². The van der Waals surface area contributed by atoms with Crippen molar-refractivity contribution in [2.75, 3.05) is 20.2 Å². The van der Waals surface area contributed by atoms with Crippen LogP contribution in [0.4, 0.5) is 0 Å². The quantitative estimate of drug-likeness (QED) is 0.868. The number of carbonyl (C=O) groups excluding carboxylic acids is 1. The van der Waals surface area contributed by atoms with E-state index < -0.39 is 0 Å². The zero-order chi connectivity index (χ0) is 13.8. The summed E-state index contributed by atoms with van der Waals surface area (Å²) in [5.74, 6) is 0.0967. The Morgan fingerprint density at radius 1 is 1.42 bits per heavy atom. The lowest BCUT2D eigenvalue weighted by Crippen LogP contribution is -2.34. The summed E-state index contributed by atoms with van der Waals surface area (Å²) in [7, 11) is 1.48. The number of esters is 1. The first-order valence-corrected chi connectivity index (χ1v) is 7.47. The molecule has 3 nitrogen and oxygen atoms in total. The molecule has 1 N–H and O–H groups in total. The first-order chi connectivity index (χ1) is 9.13. The number of rotatable bonds is 3. The zero-order valence-electron chi connectivity index (χ0n) is 11.4. The highest BCUT2D eigenvalue weighted by Crippen LogP contribution is 2.35. The molecule has 4 heteroatoms. The lowest BCUT2D eigenvalue weighted by Gasteiger charge is -2.30. The maximum Gasteiger partial charge on any atom is 0.313 e. The van der Waals surface area contributed by atoms with Crippen molar-refractivity contribution in [2.24, 2.45) is 5.92 Å². The van der Waals surface area contributed by atoms with Gasteiger partial charge in [0, 0.05) is 4.47 Å². The van der Waals surface area contributed by atoms with Gasteiger partial charge >= 0.3 is 5.97 Å². The van der Waals surface area contributed by atoms with Gasteiger partial charge in [0.2, 0.25) is 0 Å². The summed E-state index contributed by atoms with van der Waals surface area (Å²) >= 11 is 3.50. The SMILES string of the molecule is COC(=O)C(c1cc(Br)ccc1C)C1CCNCC1. The minimum Gasteiger partial charge on any atom is -0.469 e. The van der Waals surface area contributed by atoms with Crippen LogP contribution in [0.2, 0.25) is 0 Å². The van der Waals surface area contributed by atoms with Crippen LogP contribution >= 0.6 is 15.9 Å². The number of hydrogen-bond acceptors (Lipinski definition) is 3. The molecule has 1 aliphatic rings. The minimum atomic E-state index is -0.149. The number of methoxy groups -OCH3 is 1. The highest BCUT2D eigenvalue weighted by molar-refractivity contribution is 9.10. The number of nitrogens with one attached hydrogen (secondary N) is 1. The predicted molar refractivity (Wildman–Crippen MR) is 79.2 cm³/mol. The van der Waals surface area contributed by atoms with Gasteiger partial charge < -0.3 is 10.1 Å². The van der Waals surface area contributed by atoms with Crippen molar-refractivity contribution in [1.29, 1.82) is 0 Å². The molecular weight excluding hydrogens is 306 g/mol. The standard InChI is InChI=1S/C15H20BrNO2/c1-10-3-4-12(16)9-13(10)14(15(18)19-2)11-5-7-17-8-6-11/h3-4,9,11,14,17H,5-8H2,1-2H3. The van der Waals surface area contributed by atoms with Gasteiger partial charge in [-0.05, 0) is 62.0 Å². The maximum absolute atomic E-state index is 12.2. The van der Waals surface area contributed by atoms with Gasteiger partial charge in [0.1, 0.15) is 0 Å². The summed E-state index contributed by atoms with van der Waals surface area (Å²) in [6.45, 7) is 4.01. The average molecular weight is 326 g/mol. The Hall–Kier alpha value is -0.870. The Labute approximate surface area is 122 Å². The van der Waals surface area contributed by atoms with E-state index in [9.17, 15) is 4.79 Å². The second-order valence-corrected chi connectivity index (χ2v) is 6.00. The molecule has 0 aromatic heterocycles. The van der Waals surface area contributed by atoms with Crippen LogP contribution in [0.3, 0.4) is 0 Å². The fourth-order valence-corrected chi connectivity index (χ4v) is 3.20. The summed E-state index contributed by atoms with van der Waals surface area (Å²) in [4.78, 5) is 12.2. The first kappa shape index (κ1) is 14.5. The summed E-state index contributed by atoms with van der Waals surface area (Å²) in [5.41, 5.74) is 2.24. The Morgan fingerprint density at radius 3 is 2.74 bits per heavy atom. The molecule has 1 saturated heterocycles. The summed E-state index contributed by atoms with van der Waals surface area (Å²) in [6.07, 6.45) is 2.04. The molecule has 1 atom stereocenters. The molecule has 0 aliphatic carbocycles. The highest BCUT2D eigenvalue weighted by atomic mass is 79.9. The van der Waals surface area contributed by atoms with Crippen LogP contribution in [0, 0.1) is 12.8 Å². The molecule has 1 heterocycles. The van der Waals surface area contributed by atoms with E-state index in [4.69, 9.17) is 4.74 Å². The molecule has 0 radical (unpaired) electrons. The minimum absolute atomic E-state index is 0.117. The van der Waals surface area contributed by atoms with Gasteiger partial charge in [0.15, 0.2) is 0 Å². The van der Waals surface area contributed by atoms with Crippen LogP contribution in [0.5, 0.6) is 0 Å². The molecule has 0 amide bonds. The topological polar surface area (TPSA) is 38.3 Å². The second kappa shape index (κ2) is 6.53. The normalized spacial score (nSPS) is 18.1. The van der Waals surface area contributed by atoms with Crippen LogP contribution < -0.4 is 5.32 Å². The Morgan fingerprint density at radius 2 is 2.11 bits per heavy atom. The first-order valence-electron chi connectivity index (χ1n) is 6.68. The molecule has 104 valence electrons. The van der Waals surface area contributed by atoms with E-state index in [-0.39, 0.29) is 11.9 Å². The fourth-order valence-electron chi connectivity index (χ4n) is 2.82. The lowest BCUT2D eigenvalue weighted by molar-refractivity contribution is -0.144. The number of hydrogen-bond donors (Lipinski definition) is 1. The summed E-state index contributed by atoms with van der Waals surface area (Å²) < 4.78 is 6.05. The van der Waals surface area contributed by atoms with E-state index >= 15 is 0 Å². The van der Waals surface area contributed by atoms with E-state index in [1.807, 2.05) is 6.07 Å². The van der Waals surface area contributed by atoms with Crippen molar-refractivity contribution >= 4 is 21.9 Å². The van der Waals surface area contributed by atoms with Gasteiger partial charge in [0.05, 0.1) is 13.0 Å². The number of carbonyl (C=O) groups is 1. The lowest BCUT2D eigenvalue weighted by atomic mass is 9.79. The van der Waals surface area contributed by atoms with Crippen LogP contribution in [-0.4, -0.2) is 26.2 Å². The van der Waals surface area contributed by atoms with Crippen molar-refractivity contribution < 1.29 is 9.53 Å². The van der Waals surface area contributed by atoms with Crippen molar-refractivity contribution in [3.05, 3.63) is 33.8 Å². The van der Waals surface area contributed by atoms with Crippen LogP contribution in [0.15, 0.2) is 22.7 Å². The Balaban J connectivity index is 2.36. The van der Waals surface area contributed by atoms with Crippen LogP contribution in [-0.2, 0) is 9.53 Å². The molecule has 0 bridgehead atoms. The van der Waals surface area contributed by atoms with E-state index in [2.05, 4.69) is 40.3 Å². The predicted octanol–water partition coefficient (Wildman–Crippen LogP) is 3.01. The summed E-state index contributed by atoms with van der Waals surface area (Å²) in [5, 5.41) is 3.34. The molecule has 0 saturated carbocycles. The van der Waals surface area contributed by atoms with Crippen LogP contribution in [0.25, 0.3) is 0 Å². The van der Waals surface area contributed by atoms with Crippen molar-refractivity contribution in [1.82, 2.24) is 5.32 Å². The number of aryl methyl sites for hydroxylation is 1. The third kappa shape index (κ3) is 3.37. The van der Waals surface area contributed by atoms with Gasteiger partial charge in [-0.25, -0.2) is 0 Å². The molecule has 19 heavy (non-hydrogen) atoms. The summed E-state index contributed by atoms with van der Waals surface area (Å²) in [6, 6.07) is 6.12. The van der Waals surface area contributed by atoms with Gasteiger partial charge in [0.25, 0.3) is 0 Å². The van der Waals surface area contributed by atoms with E-state index in [0.29, 0.717) is 5.92 Å². The van der Waals surface area contributed by atoms with Crippen molar-refractivity contribution in [3.8, 4) is 0 Å². The molecular formula is C15H20BrNO2. The number of halogens is 1. The average Bonchev–Trinajstić information content (AvgIpc) is 2.44. The van der Waals surface area contributed by atoms with E-state index in [0.717, 1.165) is 41.5 Å². The molecule has 1 aromatic carbocycles. The third-order valence-corrected chi connectivity index (χ3v) is 4.38. The molecule has 0 spiro atoms. The van der Waals surface area contributed by atoms with E-state index in [1.54, 1.807) is 0 Å². The van der Waals surface area contributed by atoms with Gasteiger partial charge in [-0.15, -0.1) is 0 Å². The second-order valence-electron chi connectivity index (χ2n) is 5.09. The monoisotopic (exact) mass is 325 g/mol. The van der Waals surface area contributed by atoms with Gasteiger partial charge in [-0.1, -0.05) is 22.0 Å². The molecule has 1 fully saturated rings. The Kier molecular flexibility index (Phi) is 4.99. The molecule has 1 aromatic rings.